The highest BCUT2D eigenvalue weighted by atomic mass is 32.2. The van der Waals surface area contributed by atoms with Gasteiger partial charge in [0.25, 0.3) is 0 Å². The first-order chi connectivity index (χ1) is 4.62. The lowest BCUT2D eigenvalue weighted by molar-refractivity contribution is 0.567. The Morgan fingerprint density at radius 2 is 1.80 bits per heavy atom. The average Bonchev–Trinajstić information content (AvgIpc) is 2.12. The van der Waals surface area contributed by atoms with Crippen LogP contribution in [0.3, 0.4) is 0 Å². The van der Waals surface area contributed by atoms with E-state index in [1.165, 1.54) is 17.9 Å². The molecule has 1 aliphatic rings. The molecule has 0 atom stereocenters. The van der Waals surface area contributed by atoms with Crippen molar-refractivity contribution in [2.24, 2.45) is 5.92 Å². The molecular weight excluding hydrogens is 160 g/mol. The Hall–Kier alpha value is 0.700. The maximum Gasteiger partial charge on any atom is 0.0586 e. The van der Waals surface area contributed by atoms with Gasteiger partial charge in [-0.25, -0.2) is 0 Å². The summed E-state index contributed by atoms with van der Waals surface area (Å²) in [6, 6.07) is 0. The fraction of sp³-hybridized carbons (Fsp3) is 1.00. The van der Waals surface area contributed by atoms with E-state index in [2.05, 4.69) is 44.3 Å². The molecule has 1 heterocycles. The summed E-state index contributed by atoms with van der Waals surface area (Å²) in [5.74, 6) is 3.56. The Balaban J connectivity index is 2.36. The van der Waals surface area contributed by atoms with Crippen LogP contribution in [0.2, 0.25) is 0 Å². The van der Waals surface area contributed by atoms with Gasteiger partial charge in [-0.2, -0.15) is 0 Å². The monoisotopic (exact) mass is 176 g/mol. The van der Waals surface area contributed by atoms with Crippen molar-refractivity contribution >= 4 is 23.5 Å². The second kappa shape index (κ2) is 3.40. The third-order valence-corrected chi connectivity index (χ3v) is 5.01. The maximum atomic E-state index is 2.38. The van der Waals surface area contributed by atoms with Crippen LogP contribution in [0.4, 0.5) is 0 Å². The molecule has 1 saturated heterocycles. The van der Waals surface area contributed by atoms with Crippen LogP contribution in [-0.2, 0) is 0 Å². The fourth-order valence-electron chi connectivity index (χ4n) is 1.42. The van der Waals surface area contributed by atoms with Crippen molar-refractivity contribution in [3.8, 4) is 0 Å². The molecule has 1 fully saturated rings. The number of hydrogen-bond acceptors (Lipinski definition) is 2. The second-order valence-electron chi connectivity index (χ2n) is 3.43. The first kappa shape index (κ1) is 8.79. The Bertz CT molecular complexity index is 104. The molecule has 0 aromatic rings. The lowest BCUT2D eigenvalue weighted by Crippen LogP contribution is -2.13. The minimum Gasteiger partial charge on any atom is -0.144 e. The quantitative estimate of drug-likeness (QED) is 0.633. The summed E-state index contributed by atoms with van der Waals surface area (Å²) in [6.45, 7) is 7.00. The zero-order valence-electron chi connectivity index (χ0n) is 7.02. The number of thioether (sulfide) groups is 2. The minimum absolute atomic E-state index is 0.550. The summed E-state index contributed by atoms with van der Waals surface area (Å²) in [6.07, 6.45) is 1.36. The van der Waals surface area contributed by atoms with Crippen LogP contribution in [0, 0.1) is 5.92 Å². The van der Waals surface area contributed by atoms with Crippen molar-refractivity contribution in [1.29, 1.82) is 0 Å². The highest BCUT2D eigenvalue weighted by molar-refractivity contribution is 8.21. The second-order valence-corrected chi connectivity index (χ2v) is 6.88. The molecule has 0 aromatic carbocycles. The molecule has 1 aliphatic heterocycles. The molecule has 0 aromatic heterocycles. The van der Waals surface area contributed by atoms with Crippen LogP contribution in [-0.4, -0.2) is 15.6 Å². The van der Waals surface area contributed by atoms with Crippen LogP contribution >= 0.6 is 23.5 Å². The van der Waals surface area contributed by atoms with E-state index in [1.807, 2.05) is 0 Å². The highest BCUT2D eigenvalue weighted by Crippen LogP contribution is 2.47. The van der Waals surface area contributed by atoms with Crippen molar-refractivity contribution in [3.63, 3.8) is 0 Å². The summed E-state index contributed by atoms with van der Waals surface area (Å²) in [4.78, 5) is 0. The van der Waals surface area contributed by atoms with Gasteiger partial charge in [0.2, 0.25) is 0 Å². The normalized spacial score (nSPS) is 24.0. The zero-order chi connectivity index (χ0) is 7.61. The van der Waals surface area contributed by atoms with Gasteiger partial charge in [0, 0.05) is 11.5 Å². The van der Waals surface area contributed by atoms with Crippen LogP contribution in [0.15, 0.2) is 0 Å². The van der Waals surface area contributed by atoms with E-state index in [4.69, 9.17) is 0 Å². The van der Waals surface area contributed by atoms with Crippen LogP contribution in [0.1, 0.15) is 27.2 Å². The third kappa shape index (κ3) is 2.39. The molecule has 0 saturated carbocycles. The lowest BCUT2D eigenvalue weighted by Gasteiger charge is -2.23. The van der Waals surface area contributed by atoms with Gasteiger partial charge in [0.1, 0.15) is 0 Å². The van der Waals surface area contributed by atoms with Crippen molar-refractivity contribution in [2.75, 3.05) is 11.5 Å². The molecule has 60 valence electrons. The van der Waals surface area contributed by atoms with E-state index < -0.39 is 0 Å². The first-order valence-electron chi connectivity index (χ1n) is 3.90. The van der Waals surface area contributed by atoms with Gasteiger partial charge in [-0.3, -0.25) is 0 Å². The summed E-state index contributed by atoms with van der Waals surface area (Å²) >= 11 is 4.27. The molecule has 0 bridgehead atoms. The molecule has 0 amide bonds. The molecule has 0 spiro atoms. The van der Waals surface area contributed by atoms with E-state index in [0.29, 0.717) is 4.08 Å². The Kier molecular flexibility index (Phi) is 2.99. The standard InChI is InChI=1S/C8H16S2/c1-7(2)6-8(3)9-4-5-10-8/h7H,4-6H2,1-3H3. The molecular formula is C8H16S2. The largest absolute Gasteiger partial charge is 0.144 e. The summed E-state index contributed by atoms with van der Waals surface area (Å²) in [7, 11) is 0. The SMILES string of the molecule is CC(C)CC1(C)SCCS1. The topological polar surface area (TPSA) is 0 Å². The van der Waals surface area contributed by atoms with Gasteiger partial charge >= 0.3 is 0 Å². The van der Waals surface area contributed by atoms with E-state index in [0.717, 1.165) is 5.92 Å². The van der Waals surface area contributed by atoms with Gasteiger partial charge in [0.15, 0.2) is 0 Å². The van der Waals surface area contributed by atoms with E-state index >= 15 is 0 Å². The summed E-state index contributed by atoms with van der Waals surface area (Å²) < 4.78 is 0.550. The minimum atomic E-state index is 0.550. The van der Waals surface area contributed by atoms with Crippen molar-refractivity contribution in [1.82, 2.24) is 0 Å². The molecule has 1 rings (SSSR count). The molecule has 2 heteroatoms. The van der Waals surface area contributed by atoms with Crippen molar-refractivity contribution < 1.29 is 0 Å². The van der Waals surface area contributed by atoms with Crippen LogP contribution in [0.25, 0.3) is 0 Å². The van der Waals surface area contributed by atoms with E-state index in [9.17, 15) is 0 Å². The molecule has 0 N–H and O–H groups in total. The predicted octanol–water partition coefficient (Wildman–Crippen LogP) is 3.23. The average molecular weight is 176 g/mol. The first-order valence-corrected chi connectivity index (χ1v) is 5.87. The third-order valence-electron chi connectivity index (χ3n) is 1.68. The van der Waals surface area contributed by atoms with Crippen LogP contribution in [0.5, 0.6) is 0 Å². The molecule has 0 nitrogen and oxygen atoms in total. The van der Waals surface area contributed by atoms with Gasteiger partial charge in [-0.1, -0.05) is 13.8 Å². The highest BCUT2D eigenvalue weighted by Gasteiger charge is 2.30. The Labute approximate surface area is 72.5 Å². The van der Waals surface area contributed by atoms with Gasteiger partial charge in [-0.05, 0) is 19.3 Å². The van der Waals surface area contributed by atoms with Gasteiger partial charge in [-0.15, -0.1) is 23.5 Å². The molecule has 10 heavy (non-hydrogen) atoms. The smallest absolute Gasteiger partial charge is 0.0586 e. The lowest BCUT2D eigenvalue weighted by atomic mass is 10.1. The van der Waals surface area contributed by atoms with Gasteiger partial charge < -0.3 is 0 Å². The zero-order valence-corrected chi connectivity index (χ0v) is 8.65. The van der Waals surface area contributed by atoms with E-state index in [1.54, 1.807) is 0 Å². The van der Waals surface area contributed by atoms with Crippen molar-refractivity contribution in [3.05, 3.63) is 0 Å². The summed E-state index contributed by atoms with van der Waals surface area (Å²) in [5.41, 5.74) is 0. The van der Waals surface area contributed by atoms with E-state index in [-0.39, 0.29) is 0 Å². The van der Waals surface area contributed by atoms with Gasteiger partial charge in [0.05, 0.1) is 4.08 Å². The molecule has 0 radical (unpaired) electrons. The number of rotatable bonds is 2. The summed E-state index contributed by atoms with van der Waals surface area (Å²) in [5, 5.41) is 0. The Morgan fingerprint density at radius 3 is 2.20 bits per heavy atom. The fourth-order valence-corrected chi connectivity index (χ4v) is 4.68. The molecule has 0 aliphatic carbocycles. The number of hydrogen-bond donors (Lipinski definition) is 0. The maximum absolute atomic E-state index is 2.38. The predicted molar refractivity (Wildman–Crippen MR) is 52.8 cm³/mol. The Morgan fingerprint density at radius 1 is 1.30 bits per heavy atom. The van der Waals surface area contributed by atoms with Crippen LogP contribution < -0.4 is 0 Å². The van der Waals surface area contributed by atoms with Crippen molar-refractivity contribution in [2.45, 2.75) is 31.3 Å². The molecule has 0 unspecified atom stereocenters.